The number of ether oxygens (including phenoxy) is 1. The van der Waals surface area contributed by atoms with Gasteiger partial charge in [-0.3, -0.25) is 4.79 Å². The van der Waals surface area contributed by atoms with Gasteiger partial charge in [-0.25, -0.2) is 4.79 Å². The number of benzene rings is 1. The molecule has 33 heavy (non-hydrogen) atoms. The molecular weight excluding hydrogens is 456 g/mol. The molecule has 4 rings (SSSR count). The number of hydrogen-bond donors (Lipinski definition) is 1. The van der Waals surface area contributed by atoms with E-state index in [1.165, 1.54) is 29.3 Å². The molecule has 172 valence electrons. The van der Waals surface area contributed by atoms with Crippen molar-refractivity contribution in [1.29, 1.82) is 0 Å². The molecule has 1 aromatic carbocycles. The summed E-state index contributed by atoms with van der Waals surface area (Å²) in [6.45, 7) is 4.25. The Morgan fingerprint density at radius 3 is 2.73 bits per heavy atom. The number of aromatic nitrogens is 1. The number of thioether (sulfide) groups is 1. The minimum Gasteiger partial charge on any atom is -0.618 e. The number of nitrogens with one attached hydrogen (secondary N) is 1. The molecule has 0 radical (unpaired) electrons. The summed E-state index contributed by atoms with van der Waals surface area (Å²) in [5.74, 6) is -0.149. The van der Waals surface area contributed by atoms with Gasteiger partial charge in [0, 0.05) is 17.0 Å². The van der Waals surface area contributed by atoms with Gasteiger partial charge in [0.2, 0.25) is 5.91 Å². The number of fused-ring (bicyclic) bond motifs is 1. The fourth-order valence-electron chi connectivity index (χ4n) is 3.96. The average molecular weight is 483 g/mol. The second kappa shape index (κ2) is 10.4. The van der Waals surface area contributed by atoms with E-state index in [1.54, 1.807) is 25.1 Å². The van der Waals surface area contributed by atoms with E-state index in [1.807, 2.05) is 30.3 Å². The average Bonchev–Trinajstić information content (AvgIpc) is 3.16. The van der Waals surface area contributed by atoms with Gasteiger partial charge in [0.1, 0.15) is 10.3 Å². The molecule has 0 bridgehead atoms. The topological polar surface area (TPSA) is 82.3 Å². The first-order chi connectivity index (χ1) is 16.0. The Labute approximate surface area is 201 Å². The van der Waals surface area contributed by atoms with Crippen LogP contribution in [0.3, 0.4) is 0 Å². The van der Waals surface area contributed by atoms with Crippen LogP contribution in [0.4, 0.5) is 5.00 Å². The summed E-state index contributed by atoms with van der Waals surface area (Å²) in [6, 6.07) is 14.4. The highest BCUT2D eigenvalue weighted by atomic mass is 32.2. The Morgan fingerprint density at radius 1 is 1.24 bits per heavy atom. The Hall–Kier alpha value is -2.84. The molecule has 6 nitrogen and oxygen atoms in total. The zero-order valence-electron chi connectivity index (χ0n) is 18.6. The number of pyridine rings is 1. The van der Waals surface area contributed by atoms with Crippen molar-refractivity contribution in [3.05, 3.63) is 81.5 Å². The van der Waals surface area contributed by atoms with Gasteiger partial charge >= 0.3 is 5.97 Å². The van der Waals surface area contributed by atoms with E-state index in [0.717, 1.165) is 40.0 Å². The third-order valence-corrected chi connectivity index (χ3v) is 8.04. The van der Waals surface area contributed by atoms with Crippen LogP contribution in [0.1, 0.15) is 51.9 Å². The summed E-state index contributed by atoms with van der Waals surface area (Å²) < 4.78 is 6.08. The highest BCUT2D eigenvalue weighted by molar-refractivity contribution is 8.00. The molecule has 2 atom stereocenters. The smallest absolute Gasteiger partial charge is 0.341 e. The quantitative estimate of drug-likeness (QED) is 0.218. The molecule has 1 aliphatic carbocycles. The van der Waals surface area contributed by atoms with E-state index < -0.39 is 11.2 Å². The molecule has 0 fully saturated rings. The standard InChI is InChI=1S/C25H26N2O4S2/c1-3-31-25(29)21-18-13-12-16(2)15-19(18)32-24(21)26-23(28)22(17-9-5-4-6-10-17)33-20-11-7-8-14-27(20)30/h4-11,14,16,22H,3,12-13,15H2,1-2H3,(H,26,28)/t16-,22-/m1/s1. The minimum absolute atomic E-state index is 0.271. The summed E-state index contributed by atoms with van der Waals surface area (Å²) in [7, 11) is 0. The summed E-state index contributed by atoms with van der Waals surface area (Å²) in [5, 5.41) is 15.5. The lowest BCUT2D eigenvalue weighted by Crippen LogP contribution is -2.29. The number of rotatable bonds is 7. The summed E-state index contributed by atoms with van der Waals surface area (Å²) in [5.41, 5.74) is 2.25. The maximum Gasteiger partial charge on any atom is 0.341 e. The molecule has 0 saturated heterocycles. The van der Waals surface area contributed by atoms with E-state index >= 15 is 0 Å². The molecule has 3 aromatic rings. The third kappa shape index (κ3) is 5.23. The SMILES string of the molecule is CCOC(=O)c1c(NC(=O)[C@H](Sc2cccc[n+]2[O-])c2ccccc2)sc2c1CC[C@@H](C)C2. The fourth-order valence-corrected chi connectivity index (χ4v) is 6.39. The summed E-state index contributed by atoms with van der Waals surface area (Å²) in [6.07, 6.45) is 4.10. The Bertz CT molecular complexity index is 1150. The van der Waals surface area contributed by atoms with Crippen LogP contribution in [-0.2, 0) is 22.4 Å². The predicted molar refractivity (Wildman–Crippen MR) is 131 cm³/mol. The van der Waals surface area contributed by atoms with Crippen LogP contribution in [0.2, 0.25) is 0 Å². The Kier molecular flexibility index (Phi) is 7.35. The van der Waals surface area contributed by atoms with E-state index in [0.29, 0.717) is 21.5 Å². The second-order valence-corrected chi connectivity index (χ2v) is 10.3. The summed E-state index contributed by atoms with van der Waals surface area (Å²) >= 11 is 2.64. The first kappa shape index (κ1) is 23.3. The Morgan fingerprint density at radius 2 is 2.00 bits per heavy atom. The lowest BCUT2D eigenvalue weighted by Gasteiger charge is -2.18. The van der Waals surface area contributed by atoms with E-state index in [-0.39, 0.29) is 12.5 Å². The van der Waals surface area contributed by atoms with Crippen molar-refractivity contribution in [2.75, 3.05) is 11.9 Å². The molecule has 2 heterocycles. The Balaban J connectivity index is 1.68. The molecular formula is C25H26N2O4S2. The number of hydrogen-bond acceptors (Lipinski definition) is 6. The van der Waals surface area contributed by atoms with Crippen molar-refractivity contribution < 1.29 is 19.1 Å². The van der Waals surface area contributed by atoms with Gasteiger partial charge in [-0.1, -0.05) is 37.3 Å². The number of thiophene rings is 1. The monoisotopic (exact) mass is 482 g/mol. The van der Waals surface area contributed by atoms with Crippen LogP contribution >= 0.6 is 23.1 Å². The molecule has 8 heteroatoms. The summed E-state index contributed by atoms with van der Waals surface area (Å²) in [4.78, 5) is 27.5. The van der Waals surface area contributed by atoms with E-state index in [2.05, 4.69) is 12.2 Å². The molecule has 0 spiro atoms. The van der Waals surface area contributed by atoms with Crippen LogP contribution in [0.25, 0.3) is 0 Å². The number of esters is 1. The fraction of sp³-hybridized carbons (Fsp3) is 0.320. The maximum atomic E-state index is 13.5. The van der Waals surface area contributed by atoms with Gasteiger partial charge in [0.05, 0.1) is 12.2 Å². The first-order valence-corrected chi connectivity index (χ1v) is 12.7. The van der Waals surface area contributed by atoms with E-state index in [9.17, 15) is 14.8 Å². The number of anilines is 1. The minimum atomic E-state index is -0.665. The van der Waals surface area contributed by atoms with Gasteiger partial charge in [0.25, 0.3) is 5.03 Å². The van der Waals surface area contributed by atoms with E-state index in [4.69, 9.17) is 4.74 Å². The highest BCUT2D eigenvalue weighted by Gasteiger charge is 2.32. The maximum absolute atomic E-state index is 13.5. The van der Waals surface area contributed by atoms with Crippen molar-refractivity contribution >= 4 is 40.0 Å². The van der Waals surface area contributed by atoms with Gasteiger partial charge in [-0.15, -0.1) is 11.3 Å². The molecule has 1 aliphatic rings. The van der Waals surface area contributed by atoms with Crippen LogP contribution in [0.5, 0.6) is 0 Å². The molecule has 2 aromatic heterocycles. The lowest BCUT2D eigenvalue weighted by atomic mass is 9.88. The van der Waals surface area contributed by atoms with Crippen LogP contribution in [0, 0.1) is 11.1 Å². The van der Waals surface area contributed by atoms with Crippen molar-refractivity contribution in [2.45, 2.75) is 43.4 Å². The lowest BCUT2D eigenvalue weighted by molar-refractivity contribution is -0.645. The molecule has 0 aliphatic heterocycles. The van der Waals surface area contributed by atoms with Crippen molar-refractivity contribution in [3.8, 4) is 0 Å². The number of carbonyl (C=O) groups excluding carboxylic acids is 2. The van der Waals surface area contributed by atoms with Crippen LogP contribution in [0.15, 0.2) is 59.8 Å². The third-order valence-electron chi connectivity index (χ3n) is 5.60. The van der Waals surface area contributed by atoms with Crippen LogP contribution < -0.4 is 10.0 Å². The number of nitrogens with zero attached hydrogens (tertiary/aromatic N) is 1. The van der Waals surface area contributed by atoms with Crippen LogP contribution in [-0.4, -0.2) is 18.5 Å². The second-order valence-electron chi connectivity index (χ2n) is 8.04. The highest BCUT2D eigenvalue weighted by Crippen LogP contribution is 2.41. The normalized spacial score (nSPS) is 16.0. The molecule has 0 saturated carbocycles. The molecule has 0 unspecified atom stereocenters. The zero-order valence-corrected chi connectivity index (χ0v) is 20.2. The van der Waals surface area contributed by atoms with Crippen molar-refractivity contribution in [1.82, 2.24) is 0 Å². The van der Waals surface area contributed by atoms with Gasteiger partial charge in [0.15, 0.2) is 6.20 Å². The number of amides is 1. The number of carbonyl (C=O) groups is 2. The van der Waals surface area contributed by atoms with Crippen molar-refractivity contribution in [2.24, 2.45) is 5.92 Å². The van der Waals surface area contributed by atoms with Gasteiger partial charge in [-0.2, -0.15) is 4.73 Å². The van der Waals surface area contributed by atoms with Gasteiger partial charge in [-0.05, 0) is 61.1 Å². The van der Waals surface area contributed by atoms with Gasteiger partial charge < -0.3 is 15.3 Å². The zero-order chi connectivity index (χ0) is 23.4. The predicted octanol–water partition coefficient (Wildman–Crippen LogP) is 5.16. The largest absolute Gasteiger partial charge is 0.618 e. The van der Waals surface area contributed by atoms with Crippen molar-refractivity contribution in [3.63, 3.8) is 0 Å². The first-order valence-electron chi connectivity index (χ1n) is 11.0. The molecule has 1 N–H and O–H groups in total. The molecule has 1 amide bonds.